The van der Waals surface area contributed by atoms with Crippen LogP contribution < -0.4 is 10.6 Å². The molecule has 0 bridgehead atoms. The number of carbonyl (C=O) groups is 1. The van der Waals surface area contributed by atoms with E-state index in [1.165, 1.54) is 6.33 Å². The van der Waals surface area contributed by atoms with Crippen molar-refractivity contribution < 1.29 is 22.4 Å². The zero-order chi connectivity index (χ0) is 17.5. The maximum atomic E-state index is 12.3. The molecule has 2 heterocycles. The maximum absolute atomic E-state index is 12.3. The molecule has 0 aliphatic heterocycles. The molecule has 1 aliphatic rings. The molecule has 0 unspecified atom stereocenters. The number of alkyl halides is 3. The molecule has 1 amide bonds. The van der Waals surface area contributed by atoms with Gasteiger partial charge >= 0.3 is 6.18 Å². The summed E-state index contributed by atoms with van der Waals surface area (Å²) in [5, 5.41) is 5.93. The van der Waals surface area contributed by atoms with E-state index in [1.54, 1.807) is 6.92 Å². The molecule has 0 aromatic carbocycles. The van der Waals surface area contributed by atoms with Gasteiger partial charge in [-0.15, -0.1) is 0 Å². The van der Waals surface area contributed by atoms with E-state index in [2.05, 4.69) is 20.6 Å². The second-order valence-corrected chi connectivity index (χ2v) is 6.24. The van der Waals surface area contributed by atoms with Crippen LogP contribution in [0.15, 0.2) is 10.7 Å². The van der Waals surface area contributed by atoms with Crippen LogP contribution in [0.4, 0.5) is 19.0 Å². The molecule has 0 atom stereocenters. The predicted octanol–water partition coefficient (Wildman–Crippen LogP) is 3.18. The lowest BCUT2D eigenvalue weighted by atomic mass is 10.1. The first-order valence-electron chi connectivity index (χ1n) is 7.56. The molecule has 2 N–H and O–H groups in total. The SMILES string of the molecule is Cc1oc2ncnc(NC3(C)CC3)c2c1C(=O)NCCC(F)(F)F. The van der Waals surface area contributed by atoms with Crippen molar-refractivity contribution in [3.63, 3.8) is 0 Å². The number of carbonyl (C=O) groups excluding carboxylic acids is 1. The van der Waals surface area contributed by atoms with Crippen LogP contribution in [0, 0.1) is 6.92 Å². The summed E-state index contributed by atoms with van der Waals surface area (Å²) in [5.74, 6) is 0.117. The number of hydrogen-bond donors (Lipinski definition) is 2. The van der Waals surface area contributed by atoms with Crippen molar-refractivity contribution in [3.05, 3.63) is 17.7 Å². The van der Waals surface area contributed by atoms with Crippen LogP contribution in [-0.4, -0.2) is 34.1 Å². The molecule has 2 aromatic heterocycles. The third kappa shape index (κ3) is 3.44. The zero-order valence-corrected chi connectivity index (χ0v) is 13.3. The summed E-state index contributed by atoms with van der Waals surface area (Å²) >= 11 is 0. The number of anilines is 1. The largest absolute Gasteiger partial charge is 0.442 e. The Bertz CT molecular complexity index is 781. The number of aryl methyl sites for hydroxylation is 1. The van der Waals surface area contributed by atoms with Gasteiger partial charge in [-0.05, 0) is 26.7 Å². The Morgan fingerprint density at radius 3 is 2.71 bits per heavy atom. The Hall–Kier alpha value is -2.32. The van der Waals surface area contributed by atoms with Crippen LogP contribution >= 0.6 is 0 Å². The average Bonchev–Trinajstić information content (AvgIpc) is 3.07. The summed E-state index contributed by atoms with van der Waals surface area (Å²) < 4.78 is 42.2. The molecule has 130 valence electrons. The fraction of sp³-hybridized carbons (Fsp3) is 0.533. The Labute approximate surface area is 135 Å². The van der Waals surface area contributed by atoms with Crippen LogP contribution in [0.3, 0.4) is 0 Å². The Kier molecular flexibility index (Phi) is 3.89. The van der Waals surface area contributed by atoms with Gasteiger partial charge in [0.25, 0.3) is 5.91 Å². The molecule has 0 saturated heterocycles. The van der Waals surface area contributed by atoms with Gasteiger partial charge in [-0.25, -0.2) is 9.97 Å². The van der Waals surface area contributed by atoms with Crippen molar-refractivity contribution in [2.45, 2.75) is 44.8 Å². The summed E-state index contributed by atoms with van der Waals surface area (Å²) in [5.41, 5.74) is 0.311. The number of halogens is 3. The number of rotatable bonds is 5. The van der Waals surface area contributed by atoms with Crippen molar-refractivity contribution in [2.75, 3.05) is 11.9 Å². The molecule has 1 fully saturated rings. The number of furan rings is 1. The first-order chi connectivity index (χ1) is 11.2. The minimum absolute atomic E-state index is 0.0868. The molecule has 0 spiro atoms. The van der Waals surface area contributed by atoms with Crippen molar-refractivity contribution in [3.8, 4) is 0 Å². The molecule has 1 aliphatic carbocycles. The normalized spacial score (nSPS) is 16.2. The van der Waals surface area contributed by atoms with E-state index >= 15 is 0 Å². The molecule has 3 rings (SSSR count). The number of nitrogens with zero attached hydrogens (tertiary/aromatic N) is 2. The van der Waals surface area contributed by atoms with Crippen molar-refractivity contribution in [1.82, 2.24) is 15.3 Å². The van der Waals surface area contributed by atoms with Gasteiger partial charge in [0.05, 0.1) is 17.4 Å². The van der Waals surface area contributed by atoms with Gasteiger partial charge in [0.1, 0.15) is 17.9 Å². The number of fused-ring (bicyclic) bond motifs is 1. The lowest BCUT2D eigenvalue weighted by Crippen LogP contribution is -2.28. The highest BCUT2D eigenvalue weighted by Crippen LogP contribution is 2.40. The van der Waals surface area contributed by atoms with E-state index in [-0.39, 0.29) is 16.8 Å². The second-order valence-electron chi connectivity index (χ2n) is 6.24. The van der Waals surface area contributed by atoms with Gasteiger partial charge in [0, 0.05) is 12.1 Å². The van der Waals surface area contributed by atoms with E-state index in [1.807, 2.05) is 6.92 Å². The quantitative estimate of drug-likeness (QED) is 0.872. The lowest BCUT2D eigenvalue weighted by Gasteiger charge is -2.13. The van der Waals surface area contributed by atoms with E-state index in [0.717, 1.165) is 12.8 Å². The summed E-state index contributed by atoms with van der Waals surface area (Å²) in [6.45, 7) is 3.10. The number of aromatic nitrogens is 2. The van der Waals surface area contributed by atoms with E-state index in [0.29, 0.717) is 17.0 Å². The maximum Gasteiger partial charge on any atom is 0.390 e. The molecule has 24 heavy (non-hydrogen) atoms. The van der Waals surface area contributed by atoms with Gasteiger partial charge < -0.3 is 15.1 Å². The number of hydrogen-bond acceptors (Lipinski definition) is 5. The van der Waals surface area contributed by atoms with Gasteiger partial charge in [0.15, 0.2) is 0 Å². The molecule has 2 aromatic rings. The second kappa shape index (κ2) is 5.64. The fourth-order valence-electron chi connectivity index (χ4n) is 2.42. The zero-order valence-electron chi connectivity index (χ0n) is 13.3. The lowest BCUT2D eigenvalue weighted by molar-refractivity contribution is -0.132. The van der Waals surface area contributed by atoms with Crippen LogP contribution in [0.2, 0.25) is 0 Å². The van der Waals surface area contributed by atoms with Crippen LogP contribution in [-0.2, 0) is 0 Å². The molecule has 0 radical (unpaired) electrons. The van der Waals surface area contributed by atoms with Gasteiger partial charge in [0.2, 0.25) is 5.71 Å². The van der Waals surface area contributed by atoms with Crippen LogP contribution in [0.1, 0.15) is 42.3 Å². The first kappa shape index (κ1) is 16.5. The first-order valence-corrected chi connectivity index (χ1v) is 7.56. The fourth-order valence-corrected chi connectivity index (χ4v) is 2.42. The summed E-state index contributed by atoms with van der Waals surface area (Å²) in [4.78, 5) is 20.5. The number of amides is 1. The van der Waals surface area contributed by atoms with Gasteiger partial charge in [-0.1, -0.05) is 0 Å². The average molecular weight is 342 g/mol. The van der Waals surface area contributed by atoms with Crippen molar-refractivity contribution in [1.29, 1.82) is 0 Å². The third-order valence-electron chi connectivity index (χ3n) is 4.01. The Balaban J connectivity index is 1.89. The van der Waals surface area contributed by atoms with Crippen LogP contribution in [0.25, 0.3) is 11.1 Å². The van der Waals surface area contributed by atoms with Gasteiger partial charge in [-0.2, -0.15) is 13.2 Å². The van der Waals surface area contributed by atoms with Crippen LogP contribution in [0.5, 0.6) is 0 Å². The number of nitrogens with one attached hydrogen (secondary N) is 2. The highest BCUT2D eigenvalue weighted by molar-refractivity contribution is 6.10. The monoisotopic (exact) mass is 342 g/mol. The Morgan fingerprint density at radius 1 is 1.38 bits per heavy atom. The van der Waals surface area contributed by atoms with E-state index < -0.39 is 25.0 Å². The molecular weight excluding hydrogens is 325 g/mol. The summed E-state index contributed by atoms with van der Waals surface area (Å²) in [6, 6.07) is 0. The summed E-state index contributed by atoms with van der Waals surface area (Å²) in [7, 11) is 0. The highest BCUT2D eigenvalue weighted by Gasteiger charge is 2.38. The summed E-state index contributed by atoms with van der Waals surface area (Å²) in [6.07, 6.45) is -2.14. The molecular formula is C15H17F3N4O2. The molecule has 6 nitrogen and oxygen atoms in total. The minimum atomic E-state index is -4.32. The highest BCUT2D eigenvalue weighted by atomic mass is 19.4. The van der Waals surface area contributed by atoms with Crippen molar-refractivity contribution in [2.24, 2.45) is 0 Å². The van der Waals surface area contributed by atoms with Gasteiger partial charge in [-0.3, -0.25) is 4.79 Å². The molecule has 9 heteroatoms. The predicted molar refractivity (Wildman–Crippen MR) is 80.8 cm³/mol. The van der Waals surface area contributed by atoms with Crippen molar-refractivity contribution >= 4 is 22.8 Å². The minimum Gasteiger partial charge on any atom is -0.442 e. The van der Waals surface area contributed by atoms with E-state index in [4.69, 9.17) is 4.42 Å². The topological polar surface area (TPSA) is 80.1 Å². The standard InChI is InChI=1S/C15H17F3N4O2/c1-8-9(12(23)19-6-5-15(16,17)18)10-11(22-14(2)3-4-14)20-7-21-13(10)24-8/h7H,3-6H2,1-2H3,(H,19,23)(H,20,21,22). The Morgan fingerprint density at radius 2 is 2.08 bits per heavy atom. The molecule has 1 saturated carbocycles. The smallest absolute Gasteiger partial charge is 0.390 e. The van der Waals surface area contributed by atoms with E-state index in [9.17, 15) is 18.0 Å². The third-order valence-corrected chi connectivity index (χ3v) is 4.01.